The Morgan fingerprint density at radius 2 is 1.53 bits per heavy atom. The van der Waals surface area contributed by atoms with Gasteiger partial charge in [0.15, 0.2) is 0 Å². The van der Waals surface area contributed by atoms with Crippen molar-refractivity contribution in [1.29, 1.82) is 5.26 Å². The number of rotatable bonds is 6. The number of hydrogen-bond acceptors (Lipinski definition) is 5. The van der Waals surface area contributed by atoms with Crippen molar-refractivity contribution in [3.63, 3.8) is 0 Å². The second kappa shape index (κ2) is 9.19. The Morgan fingerprint density at radius 3 is 2.10 bits per heavy atom. The highest BCUT2D eigenvalue weighted by Gasteiger charge is 2.17. The summed E-state index contributed by atoms with van der Waals surface area (Å²) in [7, 11) is 0. The number of nitrogens with zero attached hydrogens (tertiary/aromatic N) is 3. The molecule has 0 bridgehead atoms. The molecule has 6 nitrogen and oxygen atoms in total. The maximum atomic E-state index is 12.9. The molecule has 2 N–H and O–H groups in total. The lowest BCUT2D eigenvalue weighted by atomic mass is 9.92. The monoisotopic (exact) mass is 399 g/mol. The van der Waals surface area contributed by atoms with Gasteiger partial charge >= 0.3 is 0 Å². The molecule has 30 heavy (non-hydrogen) atoms. The van der Waals surface area contributed by atoms with Crippen LogP contribution in [0.3, 0.4) is 0 Å². The van der Waals surface area contributed by atoms with Crippen molar-refractivity contribution in [2.45, 2.75) is 39.5 Å². The van der Waals surface area contributed by atoms with Crippen molar-refractivity contribution in [2.24, 2.45) is 0 Å². The van der Waals surface area contributed by atoms with Gasteiger partial charge in [-0.2, -0.15) is 5.26 Å². The highest BCUT2D eigenvalue weighted by molar-refractivity contribution is 6.04. The van der Waals surface area contributed by atoms with E-state index in [1.165, 1.54) is 12.4 Å². The van der Waals surface area contributed by atoms with Crippen molar-refractivity contribution in [3.8, 4) is 6.07 Å². The first-order valence-electron chi connectivity index (χ1n) is 9.93. The van der Waals surface area contributed by atoms with Crippen molar-refractivity contribution >= 4 is 23.2 Å². The Labute approximate surface area is 177 Å². The van der Waals surface area contributed by atoms with Gasteiger partial charge in [0.05, 0.1) is 16.8 Å². The minimum Gasteiger partial charge on any atom is -0.323 e. The van der Waals surface area contributed by atoms with E-state index in [1.807, 2.05) is 24.3 Å². The fourth-order valence-corrected chi connectivity index (χ4v) is 3.20. The van der Waals surface area contributed by atoms with E-state index < -0.39 is 0 Å². The SMILES string of the molecule is CC(C)c1cccc(C(C)C)c1NC(=O)c1cnc(Nc2ccccc2C#N)nc1. The van der Waals surface area contributed by atoms with Gasteiger partial charge in [-0.1, -0.05) is 58.0 Å². The molecule has 0 spiro atoms. The van der Waals surface area contributed by atoms with Crippen molar-refractivity contribution in [1.82, 2.24) is 9.97 Å². The fourth-order valence-electron chi connectivity index (χ4n) is 3.20. The number of carbonyl (C=O) groups excluding carboxylic acids is 1. The Balaban J connectivity index is 1.82. The maximum absolute atomic E-state index is 12.9. The van der Waals surface area contributed by atoms with Crippen molar-refractivity contribution in [2.75, 3.05) is 10.6 Å². The summed E-state index contributed by atoms with van der Waals surface area (Å²) in [6, 6.07) is 15.3. The Kier molecular flexibility index (Phi) is 6.43. The molecule has 0 aliphatic heterocycles. The first-order chi connectivity index (χ1) is 14.4. The molecule has 1 aromatic heterocycles. The van der Waals surface area contributed by atoms with Gasteiger partial charge in [0.1, 0.15) is 6.07 Å². The van der Waals surface area contributed by atoms with Gasteiger partial charge in [-0.05, 0) is 35.1 Å². The zero-order valence-corrected chi connectivity index (χ0v) is 17.6. The molecule has 1 heterocycles. The number of para-hydroxylation sites is 2. The predicted molar refractivity (Wildman–Crippen MR) is 119 cm³/mol. The Bertz CT molecular complexity index is 1060. The molecule has 3 aromatic rings. The maximum Gasteiger partial charge on any atom is 0.258 e. The summed E-state index contributed by atoms with van der Waals surface area (Å²) >= 11 is 0. The highest BCUT2D eigenvalue weighted by atomic mass is 16.1. The zero-order chi connectivity index (χ0) is 21.7. The first kappa shape index (κ1) is 21.0. The van der Waals surface area contributed by atoms with Gasteiger partial charge in [0.2, 0.25) is 5.95 Å². The summed E-state index contributed by atoms with van der Waals surface area (Å²) in [4.78, 5) is 21.3. The van der Waals surface area contributed by atoms with Gasteiger partial charge in [-0.3, -0.25) is 4.79 Å². The van der Waals surface area contributed by atoms with Crippen LogP contribution in [0.15, 0.2) is 54.9 Å². The second-order valence-corrected chi connectivity index (χ2v) is 7.65. The van der Waals surface area contributed by atoms with E-state index in [-0.39, 0.29) is 17.7 Å². The number of amides is 1. The third-order valence-electron chi connectivity index (χ3n) is 4.82. The molecule has 0 saturated heterocycles. The minimum atomic E-state index is -0.256. The van der Waals surface area contributed by atoms with E-state index in [1.54, 1.807) is 18.2 Å². The van der Waals surface area contributed by atoms with Crippen LogP contribution in [0.25, 0.3) is 0 Å². The molecule has 0 aliphatic carbocycles. The molecule has 0 aliphatic rings. The third-order valence-corrected chi connectivity index (χ3v) is 4.82. The van der Waals surface area contributed by atoms with Crippen LogP contribution in [0, 0.1) is 11.3 Å². The summed E-state index contributed by atoms with van der Waals surface area (Å²) in [5.74, 6) is 0.623. The molecule has 0 fully saturated rings. The molecule has 2 aromatic carbocycles. The van der Waals surface area contributed by atoms with E-state index in [9.17, 15) is 10.1 Å². The molecule has 1 amide bonds. The quantitative estimate of drug-likeness (QED) is 0.564. The first-order valence-corrected chi connectivity index (χ1v) is 9.93. The molecular formula is C24H25N5O. The molecule has 0 saturated carbocycles. The lowest BCUT2D eigenvalue weighted by molar-refractivity contribution is 0.102. The Hall–Kier alpha value is -3.72. The van der Waals surface area contributed by atoms with E-state index in [4.69, 9.17) is 0 Å². The summed E-state index contributed by atoms with van der Waals surface area (Å²) in [5, 5.41) is 15.3. The van der Waals surface area contributed by atoms with Crippen LogP contribution in [0.5, 0.6) is 0 Å². The topological polar surface area (TPSA) is 90.7 Å². The number of hydrogen-bond donors (Lipinski definition) is 2. The van der Waals surface area contributed by atoms with Gasteiger partial charge in [-0.25, -0.2) is 9.97 Å². The highest BCUT2D eigenvalue weighted by Crippen LogP contribution is 2.32. The molecular weight excluding hydrogens is 374 g/mol. The largest absolute Gasteiger partial charge is 0.323 e. The van der Waals surface area contributed by atoms with Crippen LogP contribution in [0.1, 0.15) is 66.6 Å². The number of nitriles is 1. The molecule has 3 rings (SSSR count). The molecule has 0 unspecified atom stereocenters. The molecule has 0 atom stereocenters. The lowest BCUT2D eigenvalue weighted by Gasteiger charge is -2.20. The van der Waals surface area contributed by atoms with Crippen LogP contribution in [0.2, 0.25) is 0 Å². The predicted octanol–water partition coefficient (Wildman–Crippen LogP) is 5.59. The zero-order valence-electron chi connectivity index (χ0n) is 17.6. The van der Waals surface area contributed by atoms with Crippen molar-refractivity contribution in [3.05, 3.63) is 77.1 Å². The average Bonchev–Trinajstić information content (AvgIpc) is 2.74. The van der Waals surface area contributed by atoms with E-state index in [2.05, 4.69) is 54.4 Å². The van der Waals surface area contributed by atoms with E-state index in [0.717, 1.165) is 16.8 Å². The Morgan fingerprint density at radius 1 is 0.933 bits per heavy atom. The number of anilines is 3. The van der Waals surface area contributed by atoms with Crippen LogP contribution in [0.4, 0.5) is 17.3 Å². The molecule has 152 valence electrons. The minimum absolute atomic E-state index is 0.256. The normalized spacial score (nSPS) is 10.7. The lowest BCUT2D eigenvalue weighted by Crippen LogP contribution is -2.16. The average molecular weight is 399 g/mol. The van der Waals surface area contributed by atoms with E-state index in [0.29, 0.717) is 22.8 Å². The van der Waals surface area contributed by atoms with Gasteiger partial charge in [0, 0.05) is 18.1 Å². The smallest absolute Gasteiger partial charge is 0.258 e. The van der Waals surface area contributed by atoms with Gasteiger partial charge < -0.3 is 10.6 Å². The molecule has 0 radical (unpaired) electrons. The van der Waals surface area contributed by atoms with Crippen LogP contribution >= 0.6 is 0 Å². The van der Waals surface area contributed by atoms with Crippen molar-refractivity contribution < 1.29 is 4.79 Å². The van der Waals surface area contributed by atoms with Crippen LogP contribution < -0.4 is 10.6 Å². The number of carbonyl (C=O) groups is 1. The number of nitrogens with one attached hydrogen (secondary N) is 2. The standard InChI is InChI=1S/C24H25N5O/c1-15(2)19-9-7-10-20(16(3)4)22(19)29-23(30)18-13-26-24(27-14-18)28-21-11-6-5-8-17(21)12-25/h5-11,13-16H,1-4H3,(H,29,30)(H,26,27,28). The summed E-state index contributed by atoms with van der Waals surface area (Å²) in [6.45, 7) is 8.44. The van der Waals surface area contributed by atoms with Crippen LogP contribution in [-0.4, -0.2) is 15.9 Å². The summed E-state index contributed by atoms with van der Waals surface area (Å²) in [5.41, 5.74) is 4.53. The molecule has 6 heteroatoms. The van der Waals surface area contributed by atoms with Crippen LogP contribution in [-0.2, 0) is 0 Å². The third kappa shape index (κ3) is 4.64. The fraction of sp³-hybridized carbons (Fsp3) is 0.250. The van der Waals surface area contributed by atoms with Gasteiger partial charge in [0.25, 0.3) is 5.91 Å². The number of benzene rings is 2. The summed E-state index contributed by atoms with van der Waals surface area (Å²) < 4.78 is 0. The van der Waals surface area contributed by atoms with E-state index >= 15 is 0 Å². The summed E-state index contributed by atoms with van der Waals surface area (Å²) in [6.07, 6.45) is 2.96. The number of aromatic nitrogens is 2. The van der Waals surface area contributed by atoms with Gasteiger partial charge in [-0.15, -0.1) is 0 Å². The second-order valence-electron chi connectivity index (χ2n) is 7.65.